The highest BCUT2D eigenvalue weighted by molar-refractivity contribution is 7.22. The molecule has 0 unspecified atom stereocenters. The Morgan fingerprint density at radius 2 is 1.85 bits per heavy atom. The molecule has 0 saturated carbocycles. The first-order chi connectivity index (χ1) is 15.8. The number of fused-ring (bicyclic) bond motifs is 1. The minimum Gasteiger partial charge on any atom is -0.495 e. The summed E-state index contributed by atoms with van der Waals surface area (Å²) in [5.41, 5.74) is 3.43. The van der Waals surface area contributed by atoms with Crippen LogP contribution in [-0.2, 0) is 14.1 Å². The molecule has 1 aromatic carbocycles. The molecule has 0 atom stereocenters. The standard InChI is InChI=1S/C24H23N5O3S/c1-14-11-28(13-25-14)18-7-6-16(10-19(18)32-5)21-15(2)20-22(30)29(17-8-9-26(3)12-17)24(31)27(4)23(20)33-21/h6-13H,1-5H3. The summed E-state index contributed by atoms with van der Waals surface area (Å²) in [7, 11) is 5.19. The minimum absolute atomic E-state index is 0.309. The van der Waals surface area contributed by atoms with Crippen molar-refractivity contribution >= 4 is 21.6 Å². The monoisotopic (exact) mass is 461 g/mol. The Morgan fingerprint density at radius 3 is 2.48 bits per heavy atom. The number of hydrogen-bond acceptors (Lipinski definition) is 5. The number of benzene rings is 1. The van der Waals surface area contributed by atoms with Gasteiger partial charge in [-0.1, -0.05) is 6.07 Å². The maximum absolute atomic E-state index is 13.5. The molecule has 0 aliphatic carbocycles. The molecule has 0 fully saturated rings. The summed E-state index contributed by atoms with van der Waals surface area (Å²) in [6.07, 6.45) is 7.26. The van der Waals surface area contributed by atoms with Gasteiger partial charge in [0.2, 0.25) is 0 Å². The lowest BCUT2D eigenvalue weighted by Gasteiger charge is -2.11. The molecular weight excluding hydrogens is 438 g/mol. The first-order valence-electron chi connectivity index (χ1n) is 10.4. The number of nitrogens with zero attached hydrogens (tertiary/aromatic N) is 5. The van der Waals surface area contributed by atoms with Gasteiger partial charge in [0.25, 0.3) is 5.56 Å². The highest BCUT2D eigenvalue weighted by atomic mass is 32.1. The lowest BCUT2D eigenvalue weighted by molar-refractivity contribution is 0.413. The van der Waals surface area contributed by atoms with Crippen LogP contribution in [0.5, 0.6) is 5.75 Å². The van der Waals surface area contributed by atoms with Crippen molar-refractivity contribution in [1.29, 1.82) is 0 Å². The summed E-state index contributed by atoms with van der Waals surface area (Å²) < 4.78 is 12.2. The van der Waals surface area contributed by atoms with E-state index >= 15 is 0 Å². The van der Waals surface area contributed by atoms with Gasteiger partial charge >= 0.3 is 5.69 Å². The van der Waals surface area contributed by atoms with E-state index in [1.165, 1.54) is 15.9 Å². The van der Waals surface area contributed by atoms with Gasteiger partial charge in [-0.2, -0.15) is 0 Å². The van der Waals surface area contributed by atoms with Crippen molar-refractivity contribution in [3.63, 3.8) is 0 Å². The SMILES string of the molecule is COc1cc(-c2sc3c(c2C)c(=O)n(-c2ccn(C)c2)c(=O)n3C)ccc1-n1cnc(C)c1. The fourth-order valence-electron chi connectivity index (χ4n) is 4.13. The number of hydrogen-bond donors (Lipinski definition) is 0. The second kappa shape index (κ2) is 7.63. The average Bonchev–Trinajstić information content (AvgIpc) is 3.51. The van der Waals surface area contributed by atoms with Crippen LogP contribution in [0.4, 0.5) is 0 Å². The molecule has 0 radical (unpaired) electrons. The summed E-state index contributed by atoms with van der Waals surface area (Å²) in [6.45, 7) is 3.86. The van der Waals surface area contributed by atoms with Crippen LogP contribution in [-0.4, -0.2) is 30.4 Å². The van der Waals surface area contributed by atoms with Crippen molar-refractivity contribution in [2.24, 2.45) is 14.1 Å². The van der Waals surface area contributed by atoms with E-state index < -0.39 is 0 Å². The molecule has 168 valence electrons. The van der Waals surface area contributed by atoms with Crippen molar-refractivity contribution in [3.05, 3.63) is 81.3 Å². The number of imidazole rings is 1. The highest BCUT2D eigenvalue weighted by Crippen LogP contribution is 2.38. The van der Waals surface area contributed by atoms with E-state index in [0.717, 1.165) is 27.4 Å². The van der Waals surface area contributed by atoms with E-state index in [9.17, 15) is 9.59 Å². The van der Waals surface area contributed by atoms with Gasteiger partial charge in [0.1, 0.15) is 10.6 Å². The summed E-state index contributed by atoms with van der Waals surface area (Å²) in [4.78, 5) is 32.4. The number of aryl methyl sites for hydroxylation is 4. The van der Waals surface area contributed by atoms with Crippen molar-refractivity contribution in [3.8, 4) is 27.6 Å². The zero-order valence-corrected chi connectivity index (χ0v) is 19.8. The van der Waals surface area contributed by atoms with E-state index in [0.29, 0.717) is 21.7 Å². The van der Waals surface area contributed by atoms with Gasteiger partial charge in [-0.3, -0.25) is 9.36 Å². The molecule has 4 heterocycles. The van der Waals surface area contributed by atoms with Gasteiger partial charge in [-0.05, 0) is 43.2 Å². The lowest BCUT2D eigenvalue weighted by Crippen LogP contribution is -2.37. The Morgan fingerprint density at radius 1 is 1.06 bits per heavy atom. The summed E-state index contributed by atoms with van der Waals surface area (Å²) in [5.74, 6) is 0.692. The van der Waals surface area contributed by atoms with Gasteiger partial charge in [-0.25, -0.2) is 14.3 Å². The molecule has 9 heteroatoms. The number of rotatable bonds is 4. The Hall–Kier alpha value is -3.85. The van der Waals surface area contributed by atoms with Crippen molar-refractivity contribution in [2.75, 3.05) is 7.11 Å². The van der Waals surface area contributed by atoms with Crippen LogP contribution in [0.1, 0.15) is 11.3 Å². The van der Waals surface area contributed by atoms with Gasteiger partial charge in [0, 0.05) is 37.6 Å². The summed E-state index contributed by atoms with van der Waals surface area (Å²) in [6, 6.07) is 7.69. The van der Waals surface area contributed by atoms with Crippen LogP contribution >= 0.6 is 11.3 Å². The van der Waals surface area contributed by atoms with Gasteiger partial charge < -0.3 is 13.9 Å². The van der Waals surface area contributed by atoms with Gasteiger partial charge in [0.15, 0.2) is 0 Å². The molecule has 33 heavy (non-hydrogen) atoms. The van der Waals surface area contributed by atoms with E-state index in [1.807, 2.05) is 60.6 Å². The first-order valence-corrected chi connectivity index (χ1v) is 11.2. The van der Waals surface area contributed by atoms with E-state index in [1.54, 1.807) is 37.3 Å². The van der Waals surface area contributed by atoms with E-state index in [4.69, 9.17) is 4.74 Å². The van der Waals surface area contributed by atoms with Crippen LogP contribution in [0.2, 0.25) is 0 Å². The van der Waals surface area contributed by atoms with Crippen molar-refractivity contribution in [1.82, 2.24) is 23.3 Å². The number of aromatic nitrogens is 5. The molecule has 0 amide bonds. The Kier molecular flexibility index (Phi) is 4.86. The number of ether oxygens (including phenoxy) is 1. The van der Waals surface area contributed by atoms with Gasteiger partial charge in [0.05, 0.1) is 35.9 Å². The van der Waals surface area contributed by atoms with Crippen LogP contribution in [0.3, 0.4) is 0 Å². The van der Waals surface area contributed by atoms with Crippen LogP contribution in [0, 0.1) is 13.8 Å². The summed E-state index contributed by atoms with van der Waals surface area (Å²) >= 11 is 1.44. The fourth-order valence-corrected chi connectivity index (χ4v) is 5.38. The molecule has 0 bridgehead atoms. The van der Waals surface area contributed by atoms with Crippen molar-refractivity contribution < 1.29 is 4.74 Å². The molecule has 5 rings (SSSR count). The Bertz CT molecular complexity index is 1650. The van der Waals surface area contributed by atoms with Gasteiger partial charge in [-0.15, -0.1) is 11.3 Å². The van der Waals surface area contributed by atoms with Crippen LogP contribution in [0.25, 0.3) is 32.0 Å². The van der Waals surface area contributed by atoms with Crippen molar-refractivity contribution in [2.45, 2.75) is 13.8 Å². The Balaban J connectivity index is 1.73. The second-order valence-corrected chi connectivity index (χ2v) is 9.06. The predicted octanol–water partition coefficient (Wildman–Crippen LogP) is 3.57. The summed E-state index contributed by atoms with van der Waals surface area (Å²) in [5, 5.41) is 0.550. The normalized spacial score (nSPS) is 11.4. The molecule has 0 spiro atoms. The lowest BCUT2D eigenvalue weighted by atomic mass is 10.1. The third kappa shape index (κ3) is 3.23. The number of thiophene rings is 1. The van der Waals surface area contributed by atoms with E-state index in [-0.39, 0.29) is 11.2 Å². The minimum atomic E-state index is -0.366. The average molecular weight is 462 g/mol. The quantitative estimate of drug-likeness (QED) is 0.410. The van der Waals surface area contributed by atoms with Crippen LogP contribution in [0.15, 0.2) is 58.8 Å². The maximum Gasteiger partial charge on any atom is 0.336 e. The predicted molar refractivity (Wildman–Crippen MR) is 130 cm³/mol. The molecule has 5 aromatic rings. The molecular formula is C24H23N5O3S. The largest absolute Gasteiger partial charge is 0.495 e. The molecule has 0 N–H and O–H groups in total. The van der Waals surface area contributed by atoms with E-state index in [2.05, 4.69) is 4.98 Å². The first kappa shape index (κ1) is 21.0. The smallest absolute Gasteiger partial charge is 0.336 e. The molecule has 0 saturated heterocycles. The fraction of sp³-hybridized carbons (Fsp3) is 0.208. The maximum atomic E-state index is 13.5. The molecule has 8 nitrogen and oxygen atoms in total. The topological polar surface area (TPSA) is 76.0 Å². The molecule has 0 aliphatic heterocycles. The van der Waals surface area contributed by atoms with Crippen LogP contribution < -0.4 is 16.0 Å². The Labute approximate surface area is 193 Å². The zero-order valence-electron chi connectivity index (χ0n) is 19.0. The number of methoxy groups -OCH3 is 1. The third-order valence-corrected chi connectivity index (χ3v) is 7.25. The molecule has 0 aliphatic rings. The molecule has 4 aromatic heterocycles. The zero-order chi connectivity index (χ0) is 23.4. The second-order valence-electron chi connectivity index (χ2n) is 8.06. The third-order valence-electron chi connectivity index (χ3n) is 5.83. The highest BCUT2D eigenvalue weighted by Gasteiger charge is 2.21.